The summed E-state index contributed by atoms with van der Waals surface area (Å²) in [4.78, 5) is 16.5. The Balaban J connectivity index is 1.56. The van der Waals surface area contributed by atoms with Gasteiger partial charge in [-0.1, -0.05) is 24.3 Å². The van der Waals surface area contributed by atoms with Crippen molar-refractivity contribution >= 4 is 22.8 Å². The second-order valence-electron chi connectivity index (χ2n) is 6.81. The summed E-state index contributed by atoms with van der Waals surface area (Å²) in [7, 11) is 0. The Hall–Kier alpha value is -2.86. The maximum absolute atomic E-state index is 11.7. The first-order valence-corrected chi connectivity index (χ1v) is 9.38. The van der Waals surface area contributed by atoms with E-state index in [0.29, 0.717) is 6.54 Å². The molecule has 0 unspecified atom stereocenters. The molecule has 0 atom stereocenters. The monoisotopic (exact) mass is 365 g/mol. The smallest absolute Gasteiger partial charge is 0.319 e. The van der Waals surface area contributed by atoms with E-state index in [1.165, 1.54) is 5.52 Å². The largest absolute Gasteiger partial charge is 0.336 e. The Bertz CT molecular complexity index is 899. The van der Waals surface area contributed by atoms with E-state index in [2.05, 4.69) is 33.5 Å². The maximum atomic E-state index is 11.7. The molecule has 3 rings (SSSR count). The van der Waals surface area contributed by atoms with Crippen LogP contribution < -0.4 is 16.0 Å². The zero-order chi connectivity index (χ0) is 19.2. The number of para-hydroxylation sites is 2. The van der Waals surface area contributed by atoms with Gasteiger partial charge < -0.3 is 20.5 Å². The van der Waals surface area contributed by atoms with Crippen molar-refractivity contribution in [2.45, 2.75) is 46.4 Å². The molecule has 0 saturated heterocycles. The number of carbonyl (C=O) groups excluding carboxylic acids is 1. The van der Waals surface area contributed by atoms with Crippen LogP contribution in [0.1, 0.15) is 32.2 Å². The Morgan fingerprint density at radius 1 is 1.07 bits per heavy atom. The molecule has 1 aromatic heterocycles. The number of anilines is 1. The summed E-state index contributed by atoms with van der Waals surface area (Å²) in [5.74, 6) is 1.04. The molecular weight excluding hydrogens is 338 g/mol. The predicted molar refractivity (Wildman–Crippen MR) is 110 cm³/mol. The fourth-order valence-electron chi connectivity index (χ4n) is 3.07. The third-order valence-electron chi connectivity index (χ3n) is 4.29. The van der Waals surface area contributed by atoms with Crippen LogP contribution in [0, 0.1) is 0 Å². The van der Waals surface area contributed by atoms with Gasteiger partial charge in [-0.25, -0.2) is 9.78 Å². The summed E-state index contributed by atoms with van der Waals surface area (Å²) in [6.45, 7) is 8.35. The standard InChI is InChI=1S/C21H27N5O/c1-4-26-19-8-6-5-7-18(19)25-20(26)14-22-13-16-9-11-17(12-10-16)24-21(27)23-15(2)3/h5-12,15,22H,4,13-14H2,1-3H3,(H2,23,24,27). The lowest BCUT2D eigenvalue weighted by Gasteiger charge is -2.11. The van der Waals surface area contributed by atoms with Crippen molar-refractivity contribution in [3.63, 3.8) is 0 Å². The van der Waals surface area contributed by atoms with Gasteiger partial charge in [-0.05, 0) is 50.6 Å². The molecule has 2 aromatic carbocycles. The van der Waals surface area contributed by atoms with E-state index < -0.39 is 0 Å². The summed E-state index contributed by atoms with van der Waals surface area (Å²) >= 11 is 0. The molecule has 2 amide bonds. The highest BCUT2D eigenvalue weighted by Crippen LogP contribution is 2.16. The molecule has 6 nitrogen and oxygen atoms in total. The third-order valence-corrected chi connectivity index (χ3v) is 4.29. The Kier molecular flexibility index (Phi) is 6.08. The average Bonchev–Trinajstić information content (AvgIpc) is 3.00. The predicted octanol–water partition coefficient (Wildman–Crippen LogP) is 3.88. The number of carbonyl (C=O) groups is 1. The number of rotatable bonds is 7. The normalized spacial score (nSPS) is 11.1. The van der Waals surface area contributed by atoms with Gasteiger partial charge in [-0.3, -0.25) is 0 Å². The summed E-state index contributed by atoms with van der Waals surface area (Å²) in [5, 5.41) is 9.09. The molecule has 0 aliphatic heterocycles. The van der Waals surface area contributed by atoms with Crippen molar-refractivity contribution in [3.05, 3.63) is 59.9 Å². The summed E-state index contributed by atoms with van der Waals surface area (Å²) in [6, 6.07) is 16.0. The lowest BCUT2D eigenvalue weighted by molar-refractivity contribution is 0.250. The highest BCUT2D eigenvalue weighted by atomic mass is 16.2. The molecule has 27 heavy (non-hydrogen) atoms. The zero-order valence-electron chi connectivity index (χ0n) is 16.1. The average molecular weight is 365 g/mol. The molecule has 3 aromatic rings. The highest BCUT2D eigenvalue weighted by Gasteiger charge is 2.08. The van der Waals surface area contributed by atoms with Crippen molar-refractivity contribution in [2.75, 3.05) is 5.32 Å². The lowest BCUT2D eigenvalue weighted by Crippen LogP contribution is -2.34. The second-order valence-corrected chi connectivity index (χ2v) is 6.81. The second kappa shape index (κ2) is 8.68. The molecule has 1 heterocycles. The number of hydrogen-bond donors (Lipinski definition) is 3. The zero-order valence-corrected chi connectivity index (χ0v) is 16.1. The molecule has 142 valence electrons. The van der Waals surface area contributed by atoms with Gasteiger partial charge in [0.15, 0.2) is 0 Å². The topological polar surface area (TPSA) is 71.0 Å². The number of hydrogen-bond acceptors (Lipinski definition) is 3. The van der Waals surface area contributed by atoms with E-state index in [4.69, 9.17) is 4.98 Å². The van der Waals surface area contributed by atoms with E-state index in [9.17, 15) is 4.79 Å². The molecule has 0 aliphatic carbocycles. The van der Waals surface area contributed by atoms with E-state index >= 15 is 0 Å². The Morgan fingerprint density at radius 3 is 2.52 bits per heavy atom. The van der Waals surface area contributed by atoms with Crippen molar-refractivity contribution < 1.29 is 4.79 Å². The van der Waals surface area contributed by atoms with Crippen molar-refractivity contribution in [2.24, 2.45) is 0 Å². The number of aromatic nitrogens is 2. The van der Waals surface area contributed by atoms with E-state index in [1.807, 2.05) is 56.3 Å². The minimum absolute atomic E-state index is 0.112. The van der Waals surface area contributed by atoms with Crippen LogP contribution in [0.5, 0.6) is 0 Å². The van der Waals surface area contributed by atoms with Crippen LogP contribution in [0.15, 0.2) is 48.5 Å². The Morgan fingerprint density at radius 2 is 1.81 bits per heavy atom. The van der Waals surface area contributed by atoms with Crippen LogP contribution in [0.25, 0.3) is 11.0 Å². The number of amides is 2. The first-order valence-electron chi connectivity index (χ1n) is 9.38. The van der Waals surface area contributed by atoms with Gasteiger partial charge in [-0.15, -0.1) is 0 Å². The van der Waals surface area contributed by atoms with Crippen molar-refractivity contribution in [3.8, 4) is 0 Å². The van der Waals surface area contributed by atoms with Crippen LogP contribution in [0.2, 0.25) is 0 Å². The molecule has 6 heteroatoms. The minimum atomic E-state index is -0.186. The van der Waals surface area contributed by atoms with Crippen LogP contribution in [0.4, 0.5) is 10.5 Å². The maximum Gasteiger partial charge on any atom is 0.319 e. The number of urea groups is 1. The molecule has 0 spiro atoms. The van der Waals surface area contributed by atoms with Gasteiger partial charge in [0.2, 0.25) is 0 Å². The molecule has 0 saturated carbocycles. The van der Waals surface area contributed by atoms with Gasteiger partial charge in [0.25, 0.3) is 0 Å². The Labute approximate surface area is 160 Å². The SMILES string of the molecule is CCn1c(CNCc2ccc(NC(=O)NC(C)C)cc2)nc2ccccc21. The molecule has 0 radical (unpaired) electrons. The molecule has 0 aliphatic rings. The first kappa shape index (κ1) is 18.9. The number of fused-ring (bicyclic) bond motifs is 1. The minimum Gasteiger partial charge on any atom is -0.336 e. The molecule has 0 bridgehead atoms. The van der Waals surface area contributed by atoms with Gasteiger partial charge in [-0.2, -0.15) is 0 Å². The van der Waals surface area contributed by atoms with Gasteiger partial charge in [0.1, 0.15) is 5.82 Å². The van der Waals surface area contributed by atoms with Gasteiger partial charge in [0, 0.05) is 24.8 Å². The molecular formula is C21H27N5O. The summed E-state index contributed by atoms with van der Waals surface area (Å²) < 4.78 is 2.24. The lowest BCUT2D eigenvalue weighted by atomic mass is 10.2. The molecule has 0 fully saturated rings. The number of imidazole rings is 1. The summed E-state index contributed by atoms with van der Waals surface area (Å²) in [5.41, 5.74) is 4.15. The van der Waals surface area contributed by atoms with E-state index in [1.54, 1.807) is 0 Å². The number of nitrogens with one attached hydrogen (secondary N) is 3. The molecule has 3 N–H and O–H groups in total. The van der Waals surface area contributed by atoms with Gasteiger partial charge >= 0.3 is 6.03 Å². The quantitative estimate of drug-likeness (QED) is 0.595. The summed E-state index contributed by atoms with van der Waals surface area (Å²) in [6.07, 6.45) is 0. The third kappa shape index (κ3) is 4.86. The van der Waals surface area contributed by atoms with E-state index in [0.717, 1.165) is 35.7 Å². The fourth-order valence-corrected chi connectivity index (χ4v) is 3.07. The van der Waals surface area contributed by atoms with Crippen LogP contribution in [0.3, 0.4) is 0 Å². The van der Waals surface area contributed by atoms with Crippen LogP contribution >= 0.6 is 0 Å². The number of aryl methyl sites for hydroxylation is 1. The highest BCUT2D eigenvalue weighted by molar-refractivity contribution is 5.89. The van der Waals surface area contributed by atoms with E-state index in [-0.39, 0.29) is 12.1 Å². The van der Waals surface area contributed by atoms with Crippen LogP contribution in [-0.2, 0) is 19.6 Å². The fraction of sp³-hybridized carbons (Fsp3) is 0.333. The van der Waals surface area contributed by atoms with Crippen molar-refractivity contribution in [1.82, 2.24) is 20.2 Å². The van der Waals surface area contributed by atoms with Crippen LogP contribution in [-0.4, -0.2) is 21.6 Å². The van der Waals surface area contributed by atoms with Crippen molar-refractivity contribution in [1.29, 1.82) is 0 Å². The first-order chi connectivity index (χ1) is 13.1. The number of benzene rings is 2. The van der Waals surface area contributed by atoms with Gasteiger partial charge in [0.05, 0.1) is 17.6 Å². The number of nitrogens with zero attached hydrogens (tertiary/aromatic N) is 2.